The molecule has 0 radical (unpaired) electrons. The van der Waals surface area contributed by atoms with Gasteiger partial charge in [-0.15, -0.1) is 0 Å². The molecule has 2 aromatic heterocycles. The highest BCUT2D eigenvalue weighted by Gasteiger charge is 2.18. The molecule has 4 rings (SSSR count). The number of hydrogen-bond donors (Lipinski definition) is 3. The van der Waals surface area contributed by atoms with E-state index in [0.29, 0.717) is 30.3 Å². The van der Waals surface area contributed by atoms with E-state index >= 15 is 0 Å². The van der Waals surface area contributed by atoms with E-state index in [9.17, 15) is 4.79 Å². The number of nitrogens with zero attached hydrogens (tertiary/aromatic N) is 1. The van der Waals surface area contributed by atoms with E-state index in [4.69, 9.17) is 21.8 Å². The molecule has 0 aliphatic rings. The van der Waals surface area contributed by atoms with Crippen molar-refractivity contribution in [1.82, 2.24) is 15.3 Å². The number of hydrogen-bond acceptors (Lipinski definition) is 4. The maximum Gasteiger partial charge on any atom is 0.273 e. The van der Waals surface area contributed by atoms with Crippen LogP contribution >= 0.6 is 11.6 Å². The largest absolute Gasteiger partial charge is 0.446 e. The van der Waals surface area contributed by atoms with E-state index in [2.05, 4.69) is 15.3 Å². The summed E-state index contributed by atoms with van der Waals surface area (Å²) in [6.07, 6.45) is 4.47. The monoisotopic (exact) mass is 408 g/mol. The maximum atomic E-state index is 12.3. The number of halogens is 1. The molecule has 0 fully saturated rings. The molecule has 148 valence electrons. The second-order valence-electron chi connectivity index (χ2n) is 6.84. The van der Waals surface area contributed by atoms with Crippen LogP contribution in [0.5, 0.6) is 0 Å². The van der Waals surface area contributed by atoms with E-state index in [0.717, 1.165) is 22.0 Å². The number of aromatic amines is 1. The van der Waals surface area contributed by atoms with Gasteiger partial charge in [0.15, 0.2) is 5.69 Å². The van der Waals surface area contributed by atoms with Crippen LogP contribution in [-0.4, -0.2) is 22.4 Å². The molecule has 6 nitrogen and oxygen atoms in total. The molecular formula is C22H21ClN4O2. The van der Waals surface area contributed by atoms with Gasteiger partial charge in [0.1, 0.15) is 6.26 Å². The summed E-state index contributed by atoms with van der Waals surface area (Å²) >= 11 is 6.13. The van der Waals surface area contributed by atoms with Crippen molar-refractivity contribution in [3.8, 4) is 0 Å². The zero-order valence-electron chi connectivity index (χ0n) is 15.7. The van der Waals surface area contributed by atoms with E-state index in [-0.39, 0.29) is 11.6 Å². The predicted octanol–water partition coefficient (Wildman–Crippen LogP) is 4.02. The third kappa shape index (κ3) is 4.34. The molecular weight excluding hydrogens is 388 g/mol. The van der Waals surface area contributed by atoms with E-state index in [1.807, 2.05) is 54.7 Å². The van der Waals surface area contributed by atoms with Gasteiger partial charge in [0, 0.05) is 28.7 Å². The van der Waals surface area contributed by atoms with Gasteiger partial charge in [0.05, 0.1) is 6.04 Å². The zero-order valence-corrected chi connectivity index (χ0v) is 16.4. The highest BCUT2D eigenvalue weighted by Crippen LogP contribution is 2.23. The summed E-state index contributed by atoms with van der Waals surface area (Å²) in [5.41, 5.74) is 9.60. The Labute approximate surface area is 173 Å². The molecule has 4 aromatic rings. The molecule has 4 N–H and O–H groups in total. The summed E-state index contributed by atoms with van der Waals surface area (Å²) in [7, 11) is 0. The quantitative estimate of drug-likeness (QED) is 0.430. The van der Waals surface area contributed by atoms with Crippen LogP contribution in [0.2, 0.25) is 5.02 Å². The first-order valence-electron chi connectivity index (χ1n) is 9.39. The number of nitrogens with one attached hydrogen (secondary N) is 2. The Bertz CT molecular complexity index is 1130. The number of oxazole rings is 1. The lowest BCUT2D eigenvalue weighted by Crippen LogP contribution is -2.26. The van der Waals surface area contributed by atoms with E-state index in [1.165, 1.54) is 6.26 Å². The van der Waals surface area contributed by atoms with Crippen LogP contribution < -0.4 is 11.1 Å². The second kappa shape index (κ2) is 8.51. The number of rotatable bonds is 7. The fraction of sp³-hybridized carbons (Fsp3) is 0.182. The minimum Gasteiger partial charge on any atom is -0.446 e. The number of nitrogens with two attached hydrogens (primary N) is 1. The highest BCUT2D eigenvalue weighted by atomic mass is 35.5. The predicted molar refractivity (Wildman–Crippen MR) is 113 cm³/mol. The van der Waals surface area contributed by atoms with Crippen LogP contribution in [0.25, 0.3) is 10.9 Å². The van der Waals surface area contributed by atoms with Crippen LogP contribution in [0.15, 0.2) is 65.4 Å². The number of carbonyl (C=O) groups is 1. The third-order valence-electron chi connectivity index (χ3n) is 4.82. The van der Waals surface area contributed by atoms with Gasteiger partial charge in [-0.05, 0) is 36.1 Å². The molecule has 0 aliphatic heterocycles. The topological polar surface area (TPSA) is 96.9 Å². The Kier molecular flexibility index (Phi) is 5.64. The molecule has 29 heavy (non-hydrogen) atoms. The Hall–Kier alpha value is -3.09. The molecule has 0 saturated heterocycles. The molecule has 0 spiro atoms. The molecule has 1 unspecified atom stereocenters. The molecule has 7 heteroatoms. The number of H-pyrrole nitrogens is 1. The second-order valence-corrected chi connectivity index (χ2v) is 7.25. The highest BCUT2D eigenvalue weighted by molar-refractivity contribution is 6.31. The summed E-state index contributed by atoms with van der Waals surface area (Å²) in [5, 5.41) is 4.64. The lowest BCUT2D eigenvalue weighted by Gasteiger charge is -2.06. The summed E-state index contributed by atoms with van der Waals surface area (Å²) in [6, 6.07) is 15.1. The summed E-state index contributed by atoms with van der Waals surface area (Å²) in [4.78, 5) is 19.8. The first-order chi connectivity index (χ1) is 14.1. The zero-order chi connectivity index (χ0) is 20.2. The number of aromatic nitrogens is 2. The van der Waals surface area contributed by atoms with E-state index in [1.54, 1.807) is 0 Å². The Morgan fingerprint density at radius 3 is 2.83 bits per heavy atom. The summed E-state index contributed by atoms with van der Waals surface area (Å²) < 4.78 is 5.46. The van der Waals surface area contributed by atoms with Crippen molar-refractivity contribution in [1.29, 1.82) is 0 Å². The summed E-state index contributed by atoms with van der Waals surface area (Å²) in [5.74, 6) is 0.0397. The fourth-order valence-corrected chi connectivity index (χ4v) is 3.52. The van der Waals surface area contributed by atoms with Crippen molar-refractivity contribution in [3.05, 3.63) is 88.7 Å². The Balaban J connectivity index is 1.36. The third-order valence-corrected chi connectivity index (χ3v) is 5.19. The average molecular weight is 409 g/mol. The average Bonchev–Trinajstić information content (AvgIpc) is 3.37. The standard InChI is InChI=1S/C22H21ClN4O2/c23-17-7-3-1-5-14(17)9-10-25-21(28)20-13-29-22(27-20)18(24)11-15-12-26-19-8-4-2-6-16(15)19/h1-8,12-13,18,26H,9-11,24H2,(H,25,28). The molecule has 1 amide bonds. The normalized spacial score (nSPS) is 12.2. The van der Waals surface area contributed by atoms with Crippen molar-refractivity contribution in [2.24, 2.45) is 5.73 Å². The van der Waals surface area contributed by atoms with Gasteiger partial charge in [-0.1, -0.05) is 48.0 Å². The smallest absolute Gasteiger partial charge is 0.273 e. The Morgan fingerprint density at radius 2 is 1.97 bits per heavy atom. The van der Waals surface area contributed by atoms with Gasteiger partial charge in [-0.25, -0.2) is 4.98 Å². The molecule has 0 saturated carbocycles. The van der Waals surface area contributed by atoms with Crippen LogP contribution in [0.3, 0.4) is 0 Å². The van der Waals surface area contributed by atoms with Crippen LogP contribution in [0.1, 0.15) is 33.5 Å². The lowest BCUT2D eigenvalue weighted by molar-refractivity contribution is 0.0949. The number of para-hydroxylation sites is 1. The maximum absolute atomic E-state index is 12.3. The van der Waals surface area contributed by atoms with Crippen molar-refractivity contribution in [2.45, 2.75) is 18.9 Å². The van der Waals surface area contributed by atoms with Gasteiger partial charge in [0.25, 0.3) is 5.91 Å². The van der Waals surface area contributed by atoms with Crippen LogP contribution in [0.4, 0.5) is 0 Å². The molecule has 0 bridgehead atoms. The molecule has 0 aliphatic carbocycles. The molecule has 2 heterocycles. The first-order valence-corrected chi connectivity index (χ1v) is 9.77. The van der Waals surface area contributed by atoms with Gasteiger partial charge in [-0.2, -0.15) is 0 Å². The van der Waals surface area contributed by atoms with Gasteiger partial charge in [-0.3, -0.25) is 4.79 Å². The van der Waals surface area contributed by atoms with Crippen molar-refractivity contribution in [2.75, 3.05) is 6.54 Å². The molecule has 2 aromatic carbocycles. The SMILES string of the molecule is NC(Cc1c[nH]c2ccccc12)c1nc(C(=O)NCCc2ccccc2Cl)co1. The number of benzene rings is 2. The number of carbonyl (C=O) groups excluding carboxylic acids is 1. The van der Waals surface area contributed by atoms with Crippen LogP contribution in [0, 0.1) is 0 Å². The molecule has 1 atom stereocenters. The number of amides is 1. The van der Waals surface area contributed by atoms with Crippen molar-refractivity contribution >= 4 is 28.4 Å². The van der Waals surface area contributed by atoms with Gasteiger partial charge < -0.3 is 20.5 Å². The van der Waals surface area contributed by atoms with Gasteiger partial charge >= 0.3 is 0 Å². The van der Waals surface area contributed by atoms with E-state index < -0.39 is 6.04 Å². The van der Waals surface area contributed by atoms with Crippen molar-refractivity contribution < 1.29 is 9.21 Å². The first kappa shape index (κ1) is 19.2. The summed E-state index contributed by atoms with van der Waals surface area (Å²) in [6.45, 7) is 0.451. The number of fused-ring (bicyclic) bond motifs is 1. The minimum absolute atomic E-state index is 0.216. The van der Waals surface area contributed by atoms with Crippen molar-refractivity contribution in [3.63, 3.8) is 0 Å². The minimum atomic E-state index is -0.445. The van der Waals surface area contributed by atoms with Crippen LogP contribution in [-0.2, 0) is 12.8 Å². The lowest BCUT2D eigenvalue weighted by atomic mass is 10.1. The fourth-order valence-electron chi connectivity index (χ4n) is 3.29. The Morgan fingerprint density at radius 1 is 1.17 bits per heavy atom. The van der Waals surface area contributed by atoms with Gasteiger partial charge in [0.2, 0.25) is 5.89 Å².